The summed E-state index contributed by atoms with van der Waals surface area (Å²) in [7, 11) is 0. The normalized spacial score (nSPS) is 16.4. The average molecular weight is 499 g/mol. The van der Waals surface area contributed by atoms with Crippen molar-refractivity contribution in [3.8, 4) is 6.07 Å². The van der Waals surface area contributed by atoms with Crippen LogP contribution in [0.15, 0.2) is 58.7 Å². The molecule has 2 heterocycles. The fraction of sp³-hybridized carbons (Fsp3) is 0.250. The lowest BCUT2D eigenvalue weighted by Gasteiger charge is -2.10. The highest BCUT2D eigenvalue weighted by molar-refractivity contribution is 9.10. The molecule has 7 heteroatoms. The molecule has 1 aliphatic heterocycles. The zero-order chi connectivity index (χ0) is 21.8. The van der Waals surface area contributed by atoms with Crippen LogP contribution in [0.5, 0.6) is 0 Å². The van der Waals surface area contributed by atoms with Gasteiger partial charge in [0.25, 0.3) is 5.91 Å². The van der Waals surface area contributed by atoms with Crippen molar-refractivity contribution >= 4 is 50.4 Å². The van der Waals surface area contributed by atoms with Gasteiger partial charge in [-0.15, -0.1) is 0 Å². The van der Waals surface area contributed by atoms with Gasteiger partial charge in [0.15, 0.2) is 0 Å². The maximum absolute atomic E-state index is 12.6. The number of nitriles is 1. The standard InChI is InChI=1S/C24H21BrClN3O2/c25-19-5-8-23-22(11-19)18(15-29(23)14-16-3-6-20(26)7-4-16)10-17(12-27)24(30)28-13-21-2-1-9-31-21/h3-8,10-11,15,21H,1-2,9,13-14H2,(H,28,30)/b17-10+/t21-/m1/s1. The van der Waals surface area contributed by atoms with Gasteiger partial charge in [0, 0.05) is 51.9 Å². The van der Waals surface area contributed by atoms with Crippen LogP contribution in [-0.4, -0.2) is 29.7 Å². The number of hydrogen-bond acceptors (Lipinski definition) is 3. The van der Waals surface area contributed by atoms with Crippen LogP contribution in [0.2, 0.25) is 5.02 Å². The fourth-order valence-corrected chi connectivity index (χ4v) is 4.23. The van der Waals surface area contributed by atoms with E-state index in [0.29, 0.717) is 18.1 Å². The molecule has 1 saturated heterocycles. The van der Waals surface area contributed by atoms with E-state index < -0.39 is 0 Å². The highest BCUT2D eigenvalue weighted by Gasteiger charge is 2.18. The average Bonchev–Trinajstić information content (AvgIpc) is 3.40. The molecule has 31 heavy (non-hydrogen) atoms. The summed E-state index contributed by atoms with van der Waals surface area (Å²) in [5.74, 6) is -0.383. The molecule has 0 aliphatic carbocycles. The Morgan fingerprint density at radius 3 is 2.84 bits per heavy atom. The number of hydrogen-bond donors (Lipinski definition) is 1. The largest absolute Gasteiger partial charge is 0.376 e. The van der Waals surface area contributed by atoms with Crippen LogP contribution >= 0.6 is 27.5 Å². The van der Waals surface area contributed by atoms with E-state index in [0.717, 1.165) is 46.0 Å². The lowest BCUT2D eigenvalue weighted by Crippen LogP contribution is -2.32. The zero-order valence-corrected chi connectivity index (χ0v) is 19.1. The molecule has 3 aromatic rings. The zero-order valence-electron chi connectivity index (χ0n) is 16.8. The van der Waals surface area contributed by atoms with Crippen molar-refractivity contribution in [3.63, 3.8) is 0 Å². The lowest BCUT2D eigenvalue weighted by atomic mass is 10.1. The van der Waals surface area contributed by atoms with E-state index >= 15 is 0 Å². The van der Waals surface area contributed by atoms with Crippen LogP contribution in [0.1, 0.15) is 24.0 Å². The number of rotatable bonds is 6. The number of aromatic nitrogens is 1. The lowest BCUT2D eigenvalue weighted by molar-refractivity contribution is -0.117. The first kappa shape index (κ1) is 21.6. The first-order chi connectivity index (χ1) is 15.0. The Hall–Kier alpha value is -2.59. The molecule has 1 amide bonds. The van der Waals surface area contributed by atoms with Crippen LogP contribution in [-0.2, 0) is 16.1 Å². The molecule has 0 radical (unpaired) electrons. The molecule has 0 spiro atoms. The number of nitrogens with zero attached hydrogens (tertiary/aromatic N) is 2. The highest BCUT2D eigenvalue weighted by atomic mass is 79.9. The topological polar surface area (TPSA) is 67.0 Å². The first-order valence-electron chi connectivity index (χ1n) is 10.1. The van der Waals surface area contributed by atoms with E-state index in [4.69, 9.17) is 16.3 Å². The third-order valence-electron chi connectivity index (χ3n) is 5.32. The first-order valence-corrected chi connectivity index (χ1v) is 11.2. The predicted octanol–water partition coefficient (Wildman–Crippen LogP) is 5.31. The molecule has 0 saturated carbocycles. The Morgan fingerprint density at radius 2 is 2.13 bits per heavy atom. The van der Waals surface area contributed by atoms with Gasteiger partial charge in [-0.3, -0.25) is 4.79 Å². The summed E-state index contributed by atoms with van der Waals surface area (Å²) in [5, 5.41) is 14.1. The number of ether oxygens (including phenoxy) is 1. The second-order valence-electron chi connectivity index (χ2n) is 7.52. The van der Waals surface area contributed by atoms with E-state index in [9.17, 15) is 10.1 Å². The number of fused-ring (bicyclic) bond motifs is 1. The number of benzene rings is 2. The summed E-state index contributed by atoms with van der Waals surface area (Å²) in [6.45, 7) is 1.79. The SMILES string of the molecule is N#C/C(=C\c1cn(Cc2ccc(Cl)cc2)c2ccc(Br)cc12)C(=O)NC[C@H]1CCCO1. The maximum atomic E-state index is 12.6. The third-order valence-corrected chi connectivity index (χ3v) is 6.06. The minimum absolute atomic E-state index is 0.0288. The molecule has 2 aromatic carbocycles. The monoisotopic (exact) mass is 497 g/mol. The summed E-state index contributed by atoms with van der Waals surface area (Å²) < 4.78 is 8.58. The minimum Gasteiger partial charge on any atom is -0.376 e. The minimum atomic E-state index is -0.383. The molecule has 158 valence electrons. The molecule has 1 aliphatic rings. The second-order valence-corrected chi connectivity index (χ2v) is 8.87. The van der Waals surface area contributed by atoms with Crippen molar-refractivity contribution in [1.29, 1.82) is 5.26 Å². The van der Waals surface area contributed by atoms with Crippen LogP contribution in [0.3, 0.4) is 0 Å². The molecule has 0 unspecified atom stereocenters. The van der Waals surface area contributed by atoms with E-state index in [1.165, 1.54) is 0 Å². The molecular formula is C24H21BrClN3O2. The Morgan fingerprint density at radius 1 is 1.32 bits per heavy atom. The number of carbonyl (C=O) groups excluding carboxylic acids is 1. The maximum Gasteiger partial charge on any atom is 0.262 e. The summed E-state index contributed by atoms with van der Waals surface area (Å²) in [6, 6.07) is 15.8. The molecule has 1 aromatic heterocycles. The number of nitrogens with one attached hydrogen (secondary N) is 1. The smallest absolute Gasteiger partial charge is 0.262 e. The Balaban J connectivity index is 1.63. The molecule has 1 atom stereocenters. The molecule has 5 nitrogen and oxygen atoms in total. The summed E-state index contributed by atoms with van der Waals surface area (Å²) in [6.07, 6.45) is 5.58. The van der Waals surface area contributed by atoms with Crippen molar-refractivity contribution in [2.75, 3.05) is 13.2 Å². The van der Waals surface area contributed by atoms with Gasteiger partial charge in [-0.05, 0) is 54.8 Å². The fourth-order valence-electron chi connectivity index (χ4n) is 3.74. The quantitative estimate of drug-likeness (QED) is 0.370. The van der Waals surface area contributed by atoms with E-state index in [1.54, 1.807) is 6.08 Å². The summed E-state index contributed by atoms with van der Waals surface area (Å²) in [5.41, 5.74) is 3.01. The van der Waals surface area contributed by atoms with E-state index in [1.807, 2.05) is 54.7 Å². The van der Waals surface area contributed by atoms with E-state index in [2.05, 4.69) is 25.8 Å². The van der Waals surface area contributed by atoms with Crippen molar-refractivity contribution in [2.45, 2.75) is 25.5 Å². The number of carbonyl (C=O) groups is 1. The molecule has 0 bridgehead atoms. The highest BCUT2D eigenvalue weighted by Crippen LogP contribution is 2.28. The van der Waals surface area contributed by atoms with Crippen molar-refractivity contribution < 1.29 is 9.53 Å². The van der Waals surface area contributed by atoms with Gasteiger partial charge in [0.05, 0.1) is 6.10 Å². The van der Waals surface area contributed by atoms with Crippen LogP contribution in [0.25, 0.3) is 17.0 Å². The van der Waals surface area contributed by atoms with Gasteiger partial charge in [0.2, 0.25) is 0 Å². The summed E-state index contributed by atoms with van der Waals surface area (Å²) in [4.78, 5) is 12.6. The van der Waals surface area contributed by atoms with Crippen molar-refractivity contribution in [2.24, 2.45) is 0 Å². The third kappa shape index (κ3) is 5.19. The van der Waals surface area contributed by atoms with Crippen LogP contribution < -0.4 is 5.32 Å². The Bertz CT molecular complexity index is 1170. The van der Waals surface area contributed by atoms with Gasteiger partial charge < -0.3 is 14.6 Å². The van der Waals surface area contributed by atoms with Crippen LogP contribution in [0, 0.1) is 11.3 Å². The number of amides is 1. The van der Waals surface area contributed by atoms with Gasteiger partial charge >= 0.3 is 0 Å². The van der Waals surface area contributed by atoms with Gasteiger partial charge in [-0.25, -0.2) is 0 Å². The summed E-state index contributed by atoms with van der Waals surface area (Å²) >= 11 is 9.53. The molecular weight excluding hydrogens is 478 g/mol. The Kier molecular flexibility index (Phi) is 6.77. The molecule has 1 fully saturated rings. The van der Waals surface area contributed by atoms with Crippen LogP contribution in [0.4, 0.5) is 0 Å². The van der Waals surface area contributed by atoms with Gasteiger partial charge in [0.1, 0.15) is 11.6 Å². The second kappa shape index (κ2) is 9.69. The Labute approximate surface area is 194 Å². The number of halogens is 2. The molecule has 1 N–H and O–H groups in total. The van der Waals surface area contributed by atoms with Crippen molar-refractivity contribution in [3.05, 3.63) is 74.9 Å². The predicted molar refractivity (Wildman–Crippen MR) is 126 cm³/mol. The van der Waals surface area contributed by atoms with Gasteiger partial charge in [-0.2, -0.15) is 5.26 Å². The van der Waals surface area contributed by atoms with Crippen molar-refractivity contribution in [1.82, 2.24) is 9.88 Å². The van der Waals surface area contributed by atoms with Gasteiger partial charge in [-0.1, -0.05) is 39.7 Å². The molecule has 4 rings (SSSR count). The van der Waals surface area contributed by atoms with E-state index in [-0.39, 0.29) is 17.6 Å².